The molecule has 0 aromatic carbocycles. The van der Waals surface area contributed by atoms with Gasteiger partial charge in [0, 0.05) is 24.5 Å². The lowest BCUT2D eigenvalue weighted by Crippen LogP contribution is -2.37. The zero-order chi connectivity index (χ0) is 11.4. The van der Waals surface area contributed by atoms with Gasteiger partial charge in [-0.25, -0.2) is 0 Å². The third-order valence-corrected chi connectivity index (χ3v) is 3.63. The van der Waals surface area contributed by atoms with E-state index in [-0.39, 0.29) is 0 Å². The second kappa shape index (κ2) is 5.41. The summed E-state index contributed by atoms with van der Waals surface area (Å²) in [6.07, 6.45) is 7.54. The maximum Gasteiger partial charge on any atom is 0.0295 e. The van der Waals surface area contributed by atoms with Crippen molar-refractivity contribution in [1.82, 2.24) is 10.3 Å². The van der Waals surface area contributed by atoms with Gasteiger partial charge in [-0.3, -0.25) is 4.98 Å². The molecule has 88 valence electrons. The van der Waals surface area contributed by atoms with Crippen LogP contribution >= 0.6 is 0 Å². The average Bonchev–Trinajstić information content (AvgIpc) is 2.77. The second-order valence-electron chi connectivity index (χ2n) is 4.70. The Morgan fingerprint density at radius 2 is 2.19 bits per heavy atom. The number of hydrogen-bond donors (Lipinski definition) is 2. The van der Waals surface area contributed by atoms with Gasteiger partial charge in [-0.15, -0.1) is 0 Å². The van der Waals surface area contributed by atoms with Gasteiger partial charge in [-0.05, 0) is 49.9 Å². The molecule has 1 saturated carbocycles. The Kier molecular flexibility index (Phi) is 3.91. The maximum absolute atomic E-state index is 5.79. The first-order valence-corrected chi connectivity index (χ1v) is 6.17. The minimum atomic E-state index is 0.389. The third-order valence-electron chi connectivity index (χ3n) is 3.63. The molecular formula is C13H21N3. The van der Waals surface area contributed by atoms with E-state index >= 15 is 0 Å². The molecule has 1 fully saturated rings. The van der Waals surface area contributed by atoms with Crippen molar-refractivity contribution in [2.24, 2.45) is 11.7 Å². The molecule has 0 radical (unpaired) electrons. The number of nitrogens with one attached hydrogen (secondary N) is 1. The molecule has 1 aliphatic carbocycles. The molecule has 3 nitrogen and oxygen atoms in total. The van der Waals surface area contributed by atoms with Crippen LogP contribution in [0.1, 0.15) is 37.8 Å². The van der Waals surface area contributed by atoms with E-state index in [0.29, 0.717) is 18.0 Å². The zero-order valence-electron chi connectivity index (χ0n) is 9.89. The van der Waals surface area contributed by atoms with Gasteiger partial charge < -0.3 is 11.1 Å². The van der Waals surface area contributed by atoms with Gasteiger partial charge in [0.2, 0.25) is 0 Å². The van der Waals surface area contributed by atoms with Crippen LogP contribution in [0.3, 0.4) is 0 Å². The molecule has 3 heteroatoms. The number of hydrogen-bond acceptors (Lipinski definition) is 3. The lowest BCUT2D eigenvalue weighted by molar-refractivity contribution is 0.373. The fourth-order valence-corrected chi connectivity index (χ4v) is 2.61. The Morgan fingerprint density at radius 1 is 1.44 bits per heavy atom. The normalized spacial score (nSPS) is 26.9. The molecule has 0 spiro atoms. The molecule has 1 heterocycles. The number of nitrogens with two attached hydrogens (primary N) is 1. The predicted molar refractivity (Wildman–Crippen MR) is 66.0 cm³/mol. The van der Waals surface area contributed by atoms with Crippen LogP contribution in [0.5, 0.6) is 0 Å². The summed E-state index contributed by atoms with van der Waals surface area (Å²) >= 11 is 0. The highest BCUT2D eigenvalue weighted by atomic mass is 15.0. The number of rotatable bonds is 4. The molecule has 0 saturated heterocycles. The molecule has 2 unspecified atom stereocenters. The standard InChI is InChI=1S/C13H21N3/c1-10(11-5-7-15-8-6-11)16-13-4-2-3-12(13)9-14/h5-8,10,12-13,16H,2-4,9,14H2,1H3/t10-,12?,13?/m1/s1. The van der Waals surface area contributed by atoms with E-state index in [1.807, 2.05) is 12.4 Å². The van der Waals surface area contributed by atoms with Crippen molar-refractivity contribution >= 4 is 0 Å². The van der Waals surface area contributed by atoms with E-state index in [9.17, 15) is 0 Å². The van der Waals surface area contributed by atoms with E-state index in [0.717, 1.165) is 6.54 Å². The Morgan fingerprint density at radius 3 is 2.88 bits per heavy atom. The largest absolute Gasteiger partial charge is 0.330 e. The van der Waals surface area contributed by atoms with Gasteiger partial charge in [0.1, 0.15) is 0 Å². The van der Waals surface area contributed by atoms with Crippen LogP contribution in [-0.2, 0) is 0 Å². The highest BCUT2D eigenvalue weighted by molar-refractivity contribution is 5.14. The fraction of sp³-hybridized carbons (Fsp3) is 0.615. The van der Waals surface area contributed by atoms with Gasteiger partial charge in [0.05, 0.1) is 0 Å². The molecule has 1 aliphatic rings. The Bertz CT molecular complexity index is 312. The van der Waals surface area contributed by atoms with Crippen molar-refractivity contribution in [1.29, 1.82) is 0 Å². The van der Waals surface area contributed by atoms with Crippen molar-refractivity contribution in [2.45, 2.75) is 38.3 Å². The number of nitrogens with zero attached hydrogens (tertiary/aromatic N) is 1. The Labute approximate surface area is 97.5 Å². The molecule has 3 atom stereocenters. The van der Waals surface area contributed by atoms with Gasteiger partial charge >= 0.3 is 0 Å². The molecule has 3 N–H and O–H groups in total. The molecule has 0 aliphatic heterocycles. The number of aromatic nitrogens is 1. The molecule has 1 aromatic heterocycles. The minimum Gasteiger partial charge on any atom is -0.330 e. The minimum absolute atomic E-state index is 0.389. The topological polar surface area (TPSA) is 50.9 Å². The van der Waals surface area contributed by atoms with Crippen LogP contribution in [-0.4, -0.2) is 17.6 Å². The zero-order valence-corrected chi connectivity index (χ0v) is 9.89. The number of pyridine rings is 1. The van der Waals surface area contributed by atoms with Crippen molar-refractivity contribution in [3.8, 4) is 0 Å². The van der Waals surface area contributed by atoms with Crippen molar-refractivity contribution in [2.75, 3.05) is 6.54 Å². The van der Waals surface area contributed by atoms with Crippen LogP contribution in [0.25, 0.3) is 0 Å². The first kappa shape index (κ1) is 11.6. The van der Waals surface area contributed by atoms with E-state index < -0.39 is 0 Å². The Balaban J connectivity index is 1.94. The predicted octanol–water partition coefficient (Wildman–Crippen LogP) is 1.86. The summed E-state index contributed by atoms with van der Waals surface area (Å²) in [5.41, 5.74) is 7.09. The highest BCUT2D eigenvalue weighted by Gasteiger charge is 2.26. The molecule has 1 aromatic rings. The first-order chi connectivity index (χ1) is 7.81. The summed E-state index contributed by atoms with van der Waals surface area (Å²) < 4.78 is 0. The maximum atomic E-state index is 5.79. The van der Waals surface area contributed by atoms with E-state index in [1.165, 1.54) is 24.8 Å². The second-order valence-corrected chi connectivity index (χ2v) is 4.70. The van der Waals surface area contributed by atoms with Crippen molar-refractivity contribution < 1.29 is 0 Å². The molecule has 0 bridgehead atoms. The molecule has 16 heavy (non-hydrogen) atoms. The summed E-state index contributed by atoms with van der Waals surface area (Å²) in [6.45, 7) is 3.02. The highest BCUT2D eigenvalue weighted by Crippen LogP contribution is 2.26. The van der Waals surface area contributed by atoms with Crippen molar-refractivity contribution in [3.05, 3.63) is 30.1 Å². The average molecular weight is 219 g/mol. The quantitative estimate of drug-likeness (QED) is 0.812. The summed E-state index contributed by atoms with van der Waals surface area (Å²) in [7, 11) is 0. The third kappa shape index (κ3) is 2.60. The summed E-state index contributed by atoms with van der Waals surface area (Å²) in [6, 6.07) is 5.13. The van der Waals surface area contributed by atoms with Crippen LogP contribution in [0.2, 0.25) is 0 Å². The van der Waals surface area contributed by atoms with Gasteiger partial charge in [0.15, 0.2) is 0 Å². The lowest BCUT2D eigenvalue weighted by atomic mass is 10.0. The Hall–Kier alpha value is -0.930. The summed E-state index contributed by atoms with van der Waals surface area (Å²) in [4.78, 5) is 4.04. The molecular weight excluding hydrogens is 198 g/mol. The molecule has 0 amide bonds. The van der Waals surface area contributed by atoms with Gasteiger partial charge in [0.25, 0.3) is 0 Å². The van der Waals surface area contributed by atoms with Gasteiger partial charge in [-0.2, -0.15) is 0 Å². The van der Waals surface area contributed by atoms with E-state index in [1.54, 1.807) is 0 Å². The smallest absolute Gasteiger partial charge is 0.0295 e. The van der Waals surface area contributed by atoms with Gasteiger partial charge in [-0.1, -0.05) is 6.42 Å². The van der Waals surface area contributed by atoms with Crippen LogP contribution in [0.15, 0.2) is 24.5 Å². The van der Waals surface area contributed by atoms with Crippen LogP contribution in [0, 0.1) is 5.92 Å². The van der Waals surface area contributed by atoms with E-state index in [4.69, 9.17) is 5.73 Å². The summed E-state index contributed by atoms with van der Waals surface area (Å²) in [5.74, 6) is 0.657. The van der Waals surface area contributed by atoms with Crippen molar-refractivity contribution in [3.63, 3.8) is 0 Å². The fourth-order valence-electron chi connectivity index (χ4n) is 2.61. The monoisotopic (exact) mass is 219 g/mol. The summed E-state index contributed by atoms with van der Waals surface area (Å²) in [5, 5.41) is 3.69. The van der Waals surface area contributed by atoms with Crippen LogP contribution < -0.4 is 11.1 Å². The molecule has 2 rings (SSSR count). The van der Waals surface area contributed by atoms with E-state index in [2.05, 4.69) is 29.4 Å². The lowest BCUT2D eigenvalue weighted by Gasteiger charge is -2.24. The SMILES string of the molecule is C[C@@H](NC1CCCC1CN)c1ccncc1. The van der Waals surface area contributed by atoms with Crippen LogP contribution in [0.4, 0.5) is 0 Å². The first-order valence-electron chi connectivity index (χ1n) is 6.17.